The predicted molar refractivity (Wildman–Crippen MR) is 76.6 cm³/mol. The monoisotopic (exact) mass is 313 g/mol. The molecule has 0 heterocycles. The minimum atomic E-state index is -3.76. The molecule has 1 N–H and O–H groups in total. The molecular weight excluding hydrogens is 301 g/mol. The number of sulfonamides is 1. The molecule has 0 aliphatic rings. The Morgan fingerprint density at radius 3 is 2.65 bits per heavy atom. The van der Waals surface area contributed by atoms with Crippen molar-refractivity contribution in [2.45, 2.75) is 18.4 Å². The molecule has 2 aromatic carbocycles. The zero-order valence-electron chi connectivity index (χ0n) is 10.7. The van der Waals surface area contributed by atoms with Gasteiger partial charge in [-0.2, -0.15) is 0 Å². The second-order valence-electron chi connectivity index (χ2n) is 4.36. The molecule has 2 aromatic rings. The summed E-state index contributed by atoms with van der Waals surface area (Å²) in [7, 11) is -3.76. The summed E-state index contributed by atoms with van der Waals surface area (Å²) in [5, 5.41) is 0.531. The number of hydrogen-bond donors (Lipinski definition) is 1. The summed E-state index contributed by atoms with van der Waals surface area (Å²) in [4.78, 5) is -0.0560. The van der Waals surface area contributed by atoms with E-state index in [-0.39, 0.29) is 11.4 Å². The molecule has 0 bridgehead atoms. The third-order valence-electron chi connectivity index (χ3n) is 2.80. The fourth-order valence-electron chi connectivity index (χ4n) is 1.77. The lowest BCUT2D eigenvalue weighted by Crippen LogP contribution is -2.24. The first-order valence-electron chi connectivity index (χ1n) is 5.89. The van der Waals surface area contributed by atoms with Crippen molar-refractivity contribution in [2.24, 2.45) is 0 Å². The Bertz CT molecular complexity index is 732. The van der Waals surface area contributed by atoms with E-state index >= 15 is 0 Å². The van der Waals surface area contributed by atoms with E-state index in [0.29, 0.717) is 10.6 Å². The van der Waals surface area contributed by atoms with Crippen LogP contribution in [0.5, 0.6) is 0 Å². The van der Waals surface area contributed by atoms with Gasteiger partial charge in [-0.15, -0.1) is 0 Å². The highest BCUT2D eigenvalue weighted by molar-refractivity contribution is 7.89. The average molecular weight is 314 g/mol. The maximum Gasteiger partial charge on any atom is 0.241 e. The first-order chi connectivity index (χ1) is 9.38. The zero-order chi connectivity index (χ0) is 14.8. The van der Waals surface area contributed by atoms with E-state index in [4.69, 9.17) is 11.6 Å². The fraction of sp³-hybridized carbons (Fsp3) is 0.143. The van der Waals surface area contributed by atoms with Crippen molar-refractivity contribution >= 4 is 21.6 Å². The van der Waals surface area contributed by atoms with Gasteiger partial charge < -0.3 is 0 Å². The maximum absolute atomic E-state index is 13.2. The van der Waals surface area contributed by atoms with Gasteiger partial charge in [-0.3, -0.25) is 0 Å². The van der Waals surface area contributed by atoms with Crippen molar-refractivity contribution in [3.63, 3.8) is 0 Å². The lowest BCUT2D eigenvalue weighted by atomic mass is 10.2. The Morgan fingerprint density at radius 2 is 1.95 bits per heavy atom. The molecule has 0 spiro atoms. The van der Waals surface area contributed by atoms with Gasteiger partial charge in [0.2, 0.25) is 10.0 Å². The van der Waals surface area contributed by atoms with Gasteiger partial charge >= 0.3 is 0 Å². The fourth-order valence-corrected chi connectivity index (χ4v) is 3.25. The van der Waals surface area contributed by atoms with Gasteiger partial charge in [0.15, 0.2) is 0 Å². The SMILES string of the molecule is Cc1ccc(F)cc1S(=O)(=O)NCc1cccc(Cl)c1. The summed E-state index contributed by atoms with van der Waals surface area (Å²) < 4.78 is 39.9. The lowest BCUT2D eigenvalue weighted by molar-refractivity contribution is 0.576. The van der Waals surface area contributed by atoms with Crippen LogP contribution in [0.2, 0.25) is 5.02 Å². The van der Waals surface area contributed by atoms with Crippen molar-refractivity contribution in [1.29, 1.82) is 0 Å². The number of benzene rings is 2. The molecule has 3 nitrogen and oxygen atoms in total. The third-order valence-corrected chi connectivity index (χ3v) is 4.57. The molecule has 0 saturated carbocycles. The normalized spacial score (nSPS) is 11.6. The van der Waals surface area contributed by atoms with Crippen LogP contribution in [-0.4, -0.2) is 8.42 Å². The third kappa shape index (κ3) is 3.56. The Morgan fingerprint density at radius 1 is 1.20 bits per heavy atom. The van der Waals surface area contributed by atoms with Crippen LogP contribution in [-0.2, 0) is 16.6 Å². The van der Waals surface area contributed by atoms with Gasteiger partial charge in [-0.05, 0) is 42.3 Å². The van der Waals surface area contributed by atoms with Crippen molar-refractivity contribution in [3.8, 4) is 0 Å². The summed E-state index contributed by atoms with van der Waals surface area (Å²) in [5.74, 6) is -0.585. The Hall–Kier alpha value is -1.43. The highest BCUT2D eigenvalue weighted by Crippen LogP contribution is 2.17. The molecule has 0 aliphatic heterocycles. The van der Waals surface area contributed by atoms with Crippen LogP contribution in [0.3, 0.4) is 0 Å². The van der Waals surface area contributed by atoms with Gasteiger partial charge in [-0.25, -0.2) is 17.5 Å². The van der Waals surface area contributed by atoms with Gasteiger partial charge in [0.05, 0.1) is 4.90 Å². The number of nitrogens with one attached hydrogen (secondary N) is 1. The summed E-state index contributed by atoms with van der Waals surface area (Å²) in [6, 6.07) is 10.5. The van der Waals surface area contributed by atoms with Crippen molar-refractivity contribution in [1.82, 2.24) is 4.72 Å². The Kier molecular flexibility index (Phi) is 4.42. The number of aryl methyl sites for hydroxylation is 1. The summed E-state index contributed by atoms with van der Waals surface area (Å²) in [6.45, 7) is 1.71. The van der Waals surface area contributed by atoms with E-state index in [0.717, 1.165) is 11.6 Å². The van der Waals surface area contributed by atoms with Crippen molar-refractivity contribution in [2.75, 3.05) is 0 Å². The highest BCUT2D eigenvalue weighted by atomic mass is 35.5. The minimum Gasteiger partial charge on any atom is -0.207 e. The van der Waals surface area contributed by atoms with Crippen LogP contribution in [0.25, 0.3) is 0 Å². The van der Waals surface area contributed by atoms with E-state index in [1.165, 1.54) is 12.1 Å². The standard InChI is InChI=1S/C14H13ClFNO2S/c1-10-5-6-13(16)8-14(10)20(18,19)17-9-11-3-2-4-12(15)7-11/h2-8,17H,9H2,1H3. The molecular formula is C14H13ClFNO2S. The quantitative estimate of drug-likeness (QED) is 0.941. The molecule has 0 fully saturated rings. The molecule has 2 rings (SSSR count). The van der Waals surface area contributed by atoms with Crippen molar-refractivity contribution in [3.05, 3.63) is 64.4 Å². The minimum absolute atomic E-state index is 0.0560. The van der Waals surface area contributed by atoms with E-state index in [1.807, 2.05) is 0 Å². The van der Waals surface area contributed by atoms with Crippen LogP contribution in [0.1, 0.15) is 11.1 Å². The molecule has 0 amide bonds. The number of halogens is 2. The molecule has 6 heteroatoms. The van der Waals surface area contributed by atoms with E-state index < -0.39 is 15.8 Å². The van der Waals surface area contributed by atoms with Gasteiger partial charge in [0.25, 0.3) is 0 Å². The Balaban J connectivity index is 2.21. The molecule has 0 radical (unpaired) electrons. The molecule has 0 aromatic heterocycles. The summed E-state index contributed by atoms with van der Waals surface area (Å²) in [5.41, 5.74) is 1.22. The van der Waals surface area contributed by atoms with Gasteiger partial charge in [0.1, 0.15) is 5.82 Å². The second-order valence-corrected chi connectivity index (χ2v) is 6.54. The van der Waals surface area contributed by atoms with E-state index in [2.05, 4.69) is 4.72 Å². The largest absolute Gasteiger partial charge is 0.241 e. The molecule has 106 valence electrons. The van der Waals surface area contributed by atoms with E-state index in [9.17, 15) is 12.8 Å². The molecule has 0 saturated heterocycles. The van der Waals surface area contributed by atoms with E-state index in [1.54, 1.807) is 31.2 Å². The molecule has 0 unspecified atom stereocenters. The molecule has 0 atom stereocenters. The van der Waals surface area contributed by atoms with Crippen LogP contribution >= 0.6 is 11.6 Å². The first kappa shape index (κ1) is 15.0. The molecule has 0 aliphatic carbocycles. The van der Waals surface area contributed by atoms with Gasteiger partial charge in [0, 0.05) is 11.6 Å². The zero-order valence-corrected chi connectivity index (χ0v) is 12.3. The van der Waals surface area contributed by atoms with Gasteiger partial charge in [-0.1, -0.05) is 29.8 Å². The summed E-state index contributed by atoms with van der Waals surface area (Å²) >= 11 is 5.83. The van der Waals surface area contributed by atoms with Crippen LogP contribution in [0, 0.1) is 12.7 Å². The smallest absolute Gasteiger partial charge is 0.207 e. The van der Waals surface area contributed by atoms with Crippen molar-refractivity contribution < 1.29 is 12.8 Å². The Labute approximate surface area is 122 Å². The molecule has 20 heavy (non-hydrogen) atoms. The topological polar surface area (TPSA) is 46.2 Å². The first-order valence-corrected chi connectivity index (χ1v) is 7.75. The highest BCUT2D eigenvalue weighted by Gasteiger charge is 2.17. The van der Waals surface area contributed by atoms with Crippen LogP contribution in [0.4, 0.5) is 4.39 Å². The number of rotatable bonds is 4. The number of hydrogen-bond acceptors (Lipinski definition) is 2. The van der Waals surface area contributed by atoms with Crippen LogP contribution in [0.15, 0.2) is 47.4 Å². The average Bonchev–Trinajstić information content (AvgIpc) is 2.39. The second kappa shape index (κ2) is 5.91. The summed E-state index contributed by atoms with van der Waals surface area (Å²) in [6.07, 6.45) is 0. The lowest BCUT2D eigenvalue weighted by Gasteiger charge is -2.09. The maximum atomic E-state index is 13.2. The van der Waals surface area contributed by atoms with Crippen LogP contribution < -0.4 is 4.72 Å². The predicted octanol–water partition coefficient (Wildman–Crippen LogP) is 3.27.